The third-order valence-corrected chi connectivity index (χ3v) is 3.95. The summed E-state index contributed by atoms with van der Waals surface area (Å²) in [4.78, 5) is 27.1. The van der Waals surface area contributed by atoms with Crippen molar-refractivity contribution in [2.75, 3.05) is 0 Å². The summed E-state index contributed by atoms with van der Waals surface area (Å²) in [5.74, 6) is -0.852. The molecule has 0 saturated heterocycles. The fourth-order valence-corrected chi connectivity index (χ4v) is 2.55. The van der Waals surface area contributed by atoms with Gasteiger partial charge in [0.15, 0.2) is 0 Å². The van der Waals surface area contributed by atoms with Crippen molar-refractivity contribution in [1.82, 2.24) is 15.6 Å². The van der Waals surface area contributed by atoms with E-state index in [1.54, 1.807) is 19.3 Å². The van der Waals surface area contributed by atoms with Gasteiger partial charge in [-0.2, -0.15) is 0 Å². The van der Waals surface area contributed by atoms with E-state index in [0.717, 1.165) is 12.0 Å². The van der Waals surface area contributed by atoms with Crippen LogP contribution in [0, 0.1) is 5.41 Å². The smallest absolute Gasteiger partial charge is 0.315 e. The van der Waals surface area contributed by atoms with Crippen LogP contribution in [0.25, 0.3) is 0 Å². The molecule has 1 fully saturated rings. The maximum Gasteiger partial charge on any atom is 0.315 e. The van der Waals surface area contributed by atoms with Crippen molar-refractivity contribution in [1.29, 1.82) is 0 Å². The van der Waals surface area contributed by atoms with E-state index >= 15 is 0 Å². The average Bonchev–Trinajstić information content (AvgIpc) is 2.80. The zero-order valence-electron chi connectivity index (χ0n) is 11.4. The number of urea groups is 1. The predicted octanol–water partition coefficient (Wildman–Crippen LogP) is 1.52. The molecule has 1 aromatic heterocycles. The lowest BCUT2D eigenvalue weighted by Crippen LogP contribution is -2.50. The summed E-state index contributed by atoms with van der Waals surface area (Å²) in [6, 6.07) is 2.98. The minimum Gasteiger partial charge on any atom is -0.481 e. The second-order valence-corrected chi connectivity index (χ2v) is 5.35. The minimum absolute atomic E-state index is 0.322. The number of rotatable bonds is 4. The summed E-state index contributed by atoms with van der Waals surface area (Å²) < 4.78 is 0. The summed E-state index contributed by atoms with van der Waals surface area (Å²) in [5, 5.41) is 14.8. The fraction of sp³-hybridized carbons (Fsp3) is 0.500. The van der Waals surface area contributed by atoms with Crippen LogP contribution in [0.1, 0.15) is 31.7 Å². The van der Waals surface area contributed by atoms with E-state index in [9.17, 15) is 14.7 Å². The average molecular weight is 277 g/mol. The van der Waals surface area contributed by atoms with Crippen molar-refractivity contribution in [3.05, 3.63) is 30.1 Å². The van der Waals surface area contributed by atoms with Gasteiger partial charge < -0.3 is 15.7 Å². The number of aliphatic carboxylic acids is 1. The number of hydrogen-bond acceptors (Lipinski definition) is 3. The van der Waals surface area contributed by atoms with E-state index in [-0.39, 0.29) is 12.1 Å². The Balaban J connectivity index is 1.87. The van der Waals surface area contributed by atoms with Gasteiger partial charge in [-0.1, -0.05) is 6.42 Å². The summed E-state index contributed by atoms with van der Waals surface area (Å²) in [7, 11) is 0. The van der Waals surface area contributed by atoms with Crippen molar-refractivity contribution in [3.8, 4) is 0 Å². The second kappa shape index (κ2) is 5.90. The Labute approximate surface area is 117 Å². The van der Waals surface area contributed by atoms with Crippen molar-refractivity contribution in [2.24, 2.45) is 5.41 Å². The van der Waals surface area contributed by atoms with Crippen LogP contribution in [0.5, 0.6) is 0 Å². The highest BCUT2D eigenvalue weighted by Crippen LogP contribution is 2.38. The molecule has 20 heavy (non-hydrogen) atoms. The molecule has 0 bridgehead atoms. The van der Waals surface area contributed by atoms with Crippen LogP contribution in [-0.4, -0.2) is 28.1 Å². The molecular formula is C14H19N3O3. The molecule has 0 aromatic carbocycles. The molecule has 108 valence electrons. The Morgan fingerprint density at radius 3 is 2.80 bits per heavy atom. The predicted molar refractivity (Wildman–Crippen MR) is 73.0 cm³/mol. The van der Waals surface area contributed by atoms with E-state index in [1.807, 2.05) is 12.1 Å². The van der Waals surface area contributed by atoms with Gasteiger partial charge in [0.25, 0.3) is 0 Å². The van der Waals surface area contributed by atoms with Gasteiger partial charge in [-0.15, -0.1) is 0 Å². The Hall–Kier alpha value is -2.11. The molecule has 0 aliphatic heterocycles. The quantitative estimate of drug-likeness (QED) is 0.778. The molecule has 1 heterocycles. The lowest BCUT2D eigenvalue weighted by atomic mass is 9.85. The number of carboxylic acids is 1. The van der Waals surface area contributed by atoms with Crippen LogP contribution in [0.15, 0.2) is 24.5 Å². The highest BCUT2D eigenvalue weighted by molar-refractivity contribution is 5.79. The Bertz CT molecular complexity index is 492. The molecule has 2 amide bonds. The van der Waals surface area contributed by atoms with Crippen LogP contribution in [0.4, 0.5) is 4.79 Å². The monoisotopic (exact) mass is 277 g/mol. The number of aromatic nitrogens is 1. The number of nitrogens with zero attached hydrogens (tertiary/aromatic N) is 1. The number of carbonyl (C=O) groups excluding carboxylic acids is 1. The first-order valence-corrected chi connectivity index (χ1v) is 6.69. The molecule has 0 spiro atoms. The number of carboxylic acid groups (broad SMARTS) is 1. The Kier molecular flexibility index (Phi) is 4.22. The van der Waals surface area contributed by atoms with Gasteiger partial charge in [-0.05, 0) is 37.5 Å². The molecule has 1 saturated carbocycles. The highest BCUT2D eigenvalue weighted by Gasteiger charge is 2.45. The zero-order chi connectivity index (χ0) is 14.6. The molecule has 2 unspecified atom stereocenters. The number of pyridine rings is 1. The van der Waals surface area contributed by atoms with Crippen LogP contribution >= 0.6 is 0 Å². The molecule has 6 heteroatoms. The van der Waals surface area contributed by atoms with E-state index in [2.05, 4.69) is 15.6 Å². The van der Waals surface area contributed by atoms with Gasteiger partial charge >= 0.3 is 12.0 Å². The number of amides is 2. The standard InChI is InChI=1S/C14H19N3O3/c1-14(12(18)19)6-2-3-11(14)17-13(20)16-9-10-4-7-15-8-5-10/h4-5,7-8,11H,2-3,6,9H2,1H3,(H,18,19)(H2,16,17,20). The van der Waals surface area contributed by atoms with Gasteiger partial charge in [0.1, 0.15) is 0 Å². The lowest BCUT2D eigenvalue weighted by Gasteiger charge is -2.27. The molecule has 3 N–H and O–H groups in total. The maximum absolute atomic E-state index is 11.9. The molecule has 2 rings (SSSR count). The van der Waals surface area contributed by atoms with Gasteiger partial charge in [0.2, 0.25) is 0 Å². The largest absolute Gasteiger partial charge is 0.481 e. The van der Waals surface area contributed by atoms with E-state index in [0.29, 0.717) is 19.4 Å². The van der Waals surface area contributed by atoms with E-state index in [4.69, 9.17) is 0 Å². The maximum atomic E-state index is 11.9. The van der Waals surface area contributed by atoms with E-state index < -0.39 is 11.4 Å². The first-order chi connectivity index (χ1) is 9.52. The first kappa shape index (κ1) is 14.3. The third kappa shape index (κ3) is 3.07. The van der Waals surface area contributed by atoms with Crippen molar-refractivity contribution >= 4 is 12.0 Å². The molecule has 1 aliphatic rings. The topological polar surface area (TPSA) is 91.3 Å². The summed E-state index contributed by atoms with van der Waals surface area (Å²) >= 11 is 0. The van der Waals surface area contributed by atoms with E-state index in [1.165, 1.54) is 0 Å². The number of carbonyl (C=O) groups is 2. The summed E-state index contributed by atoms with van der Waals surface area (Å²) in [5.41, 5.74) is 0.0798. The van der Waals surface area contributed by atoms with Crippen LogP contribution in [-0.2, 0) is 11.3 Å². The molecule has 1 aromatic rings. The van der Waals surface area contributed by atoms with Crippen LogP contribution < -0.4 is 10.6 Å². The van der Waals surface area contributed by atoms with Crippen LogP contribution in [0.2, 0.25) is 0 Å². The lowest BCUT2D eigenvalue weighted by molar-refractivity contribution is -0.148. The Morgan fingerprint density at radius 1 is 1.45 bits per heavy atom. The third-order valence-electron chi connectivity index (χ3n) is 3.95. The fourth-order valence-electron chi connectivity index (χ4n) is 2.55. The molecule has 2 atom stereocenters. The van der Waals surface area contributed by atoms with Gasteiger partial charge in [0.05, 0.1) is 5.41 Å². The minimum atomic E-state index is -0.867. The zero-order valence-corrected chi connectivity index (χ0v) is 11.4. The van der Waals surface area contributed by atoms with Crippen molar-refractivity contribution in [3.63, 3.8) is 0 Å². The Morgan fingerprint density at radius 2 is 2.15 bits per heavy atom. The van der Waals surface area contributed by atoms with Crippen molar-refractivity contribution < 1.29 is 14.7 Å². The molecular weight excluding hydrogens is 258 g/mol. The molecule has 1 aliphatic carbocycles. The summed E-state index contributed by atoms with van der Waals surface area (Å²) in [6.07, 6.45) is 5.43. The first-order valence-electron chi connectivity index (χ1n) is 6.69. The second-order valence-electron chi connectivity index (χ2n) is 5.35. The molecule has 0 radical (unpaired) electrons. The summed E-state index contributed by atoms with van der Waals surface area (Å²) in [6.45, 7) is 2.08. The highest BCUT2D eigenvalue weighted by atomic mass is 16.4. The van der Waals surface area contributed by atoms with Crippen LogP contribution in [0.3, 0.4) is 0 Å². The van der Waals surface area contributed by atoms with Gasteiger partial charge in [0, 0.05) is 25.0 Å². The number of nitrogens with one attached hydrogen (secondary N) is 2. The van der Waals surface area contributed by atoms with Gasteiger partial charge in [-0.25, -0.2) is 4.79 Å². The normalized spacial score (nSPS) is 25.1. The van der Waals surface area contributed by atoms with Gasteiger partial charge in [-0.3, -0.25) is 9.78 Å². The van der Waals surface area contributed by atoms with Crippen molar-refractivity contribution in [2.45, 2.75) is 38.8 Å². The SMILES string of the molecule is CC1(C(=O)O)CCCC1NC(=O)NCc1ccncc1. The number of hydrogen-bond donors (Lipinski definition) is 3. The molecule has 6 nitrogen and oxygen atoms in total.